The number of para-hydroxylation sites is 1. The quantitative estimate of drug-likeness (QED) is 0.673. The molecule has 25 heavy (non-hydrogen) atoms. The van der Waals surface area contributed by atoms with Gasteiger partial charge in [-0.3, -0.25) is 4.79 Å². The van der Waals surface area contributed by atoms with E-state index in [1.54, 1.807) is 43.3 Å². The lowest BCUT2D eigenvalue weighted by Gasteiger charge is -2.10. The normalized spacial score (nSPS) is 11.6. The van der Waals surface area contributed by atoms with Crippen LogP contribution in [0.3, 0.4) is 0 Å². The van der Waals surface area contributed by atoms with Crippen LogP contribution >= 0.6 is 0 Å². The highest BCUT2D eigenvalue weighted by atomic mass is 32.2. The Morgan fingerprint density at radius 1 is 1.04 bits per heavy atom. The molecule has 2 aromatic carbocycles. The smallest absolute Gasteiger partial charge is 0.310 e. The molecular formula is C19H19NO4S. The van der Waals surface area contributed by atoms with Crippen LogP contribution in [0.2, 0.25) is 0 Å². The Balaban J connectivity index is 2.27. The van der Waals surface area contributed by atoms with Crippen molar-refractivity contribution in [2.45, 2.75) is 25.2 Å². The number of aromatic nitrogens is 1. The van der Waals surface area contributed by atoms with Crippen molar-refractivity contribution >= 4 is 26.9 Å². The van der Waals surface area contributed by atoms with Gasteiger partial charge in [-0.25, -0.2) is 12.4 Å². The summed E-state index contributed by atoms with van der Waals surface area (Å²) in [5, 5.41) is 0.737. The highest BCUT2D eigenvalue weighted by Gasteiger charge is 2.25. The van der Waals surface area contributed by atoms with Crippen LogP contribution in [0, 0.1) is 13.8 Å². The molecule has 0 aliphatic heterocycles. The lowest BCUT2D eigenvalue weighted by Crippen LogP contribution is -2.15. The van der Waals surface area contributed by atoms with Gasteiger partial charge in [0.05, 0.1) is 23.9 Å². The van der Waals surface area contributed by atoms with E-state index in [4.69, 9.17) is 4.74 Å². The summed E-state index contributed by atoms with van der Waals surface area (Å²) in [5.41, 5.74) is 2.73. The standard InChI is InChI=1S/C19H19NO4S/c1-13-8-10-15(11-9-13)25(22,23)20-14(2)17(12-19(21)24-3)16-6-4-5-7-18(16)20/h4-11H,12H2,1-3H3. The van der Waals surface area contributed by atoms with E-state index in [-0.39, 0.29) is 11.3 Å². The second-order valence-corrected chi connectivity index (χ2v) is 7.70. The third-order valence-corrected chi connectivity index (χ3v) is 6.12. The van der Waals surface area contributed by atoms with Crippen LogP contribution in [-0.2, 0) is 26.0 Å². The van der Waals surface area contributed by atoms with Gasteiger partial charge in [-0.05, 0) is 37.6 Å². The SMILES string of the molecule is COC(=O)Cc1c(C)n(S(=O)(=O)c2ccc(C)cc2)c2ccccc12. The highest BCUT2D eigenvalue weighted by Crippen LogP contribution is 2.30. The Hall–Kier alpha value is -2.60. The molecular weight excluding hydrogens is 338 g/mol. The third kappa shape index (κ3) is 2.93. The topological polar surface area (TPSA) is 65.4 Å². The molecule has 0 unspecified atom stereocenters. The summed E-state index contributed by atoms with van der Waals surface area (Å²) in [6.07, 6.45) is 0.0270. The van der Waals surface area contributed by atoms with Crippen LogP contribution in [0.4, 0.5) is 0 Å². The number of aryl methyl sites for hydroxylation is 1. The molecule has 0 fully saturated rings. The molecule has 0 radical (unpaired) electrons. The van der Waals surface area contributed by atoms with E-state index in [1.807, 2.05) is 19.1 Å². The van der Waals surface area contributed by atoms with Crippen molar-refractivity contribution in [2.24, 2.45) is 0 Å². The summed E-state index contributed by atoms with van der Waals surface area (Å²) in [6, 6.07) is 13.9. The Morgan fingerprint density at radius 3 is 2.32 bits per heavy atom. The summed E-state index contributed by atoms with van der Waals surface area (Å²) in [6.45, 7) is 3.62. The van der Waals surface area contributed by atoms with Gasteiger partial charge < -0.3 is 4.74 Å². The molecule has 0 N–H and O–H groups in total. The predicted octanol–water partition coefficient (Wildman–Crippen LogP) is 3.21. The number of esters is 1. The van der Waals surface area contributed by atoms with Crippen molar-refractivity contribution < 1.29 is 17.9 Å². The number of carbonyl (C=O) groups excluding carboxylic acids is 1. The van der Waals surface area contributed by atoms with E-state index in [9.17, 15) is 13.2 Å². The molecule has 1 heterocycles. The summed E-state index contributed by atoms with van der Waals surface area (Å²) in [5.74, 6) is -0.404. The minimum absolute atomic E-state index is 0.0270. The fourth-order valence-electron chi connectivity index (χ4n) is 2.97. The number of hydrogen-bond acceptors (Lipinski definition) is 4. The molecule has 6 heteroatoms. The molecule has 0 saturated heterocycles. The van der Waals surface area contributed by atoms with E-state index >= 15 is 0 Å². The van der Waals surface area contributed by atoms with Crippen LogP contribution < -0.4 is 0 Å². The molecule has 0 aliphatic carbocycles. The first-order valence-corrected chi connectivity index (χ1v) is 9.28. The van der Waals surface area contributed by atoms with Crippen LogP contribution in [0.5, 0.6) is 0 Å². The molecule has 0 bridgehead atoms. The Morgan fingerprint density at radius 2 is 1.68 bits per heavy atom. The Labute approximate surface area is 146 Å². The summed E-state index contributed by atoms with van der Waals surface area (Å²) in [7, 11) is -2.45. The van der Waals surface area contributed by atoms with Gasteiger partial charge in [0.15, 0.2) is 0 Å². The molecule has 0 amide bonds. The first-order chi connectivity index (χ1) is 11.9. The van der Waals surface area contributed by atoms with Crippen molar-refractivity contribution in [3.63, 3.8) is 0 Å². The Kier molecular flexibility index (Phi) is 4.39. The lowest BCUT2D eigenvalue weighted by atomic mass is 10.1. The molecule has 3 aromatic rings. The highest BCUT2D eigenvalue weighted by molar-refractivity contribution is 7.90. The van der Waals surface area contributed by atoms with E-state index in [1.165, 1.54) is 11.1 Å². The maximum Gasteiger partial charge on any atom is 0.310 e. The largest absolute Gasteiger partial charge is 0.469 e. The molecule has 1 aromatic heterocycles. The van der Waals surface area contributed by atoms with Gasteiger partial charge >= 0.3 is 5.97 Å². The van der Waals surface area contributed by atoms with E-state index in [0.717, 1.165) is 10.9 Å². The first kappa shape index (κ1) is 17.2. The molecule has 0 spiro atoms. The fourth-order valence-corrected chi connectivity index (χ4v) is 4.55. The van der Waals surface area contributed by atoms with Gasteiger partial charge in [-0.15, -0.1) is 0 Å². The number of benzene rings is 2. The minimum atomic E-state index is -3.77. The molecule has 130 valence electrons. The summed E-state index contributed by atoms with van der Waals surface area (Å²) in [4.78, 5) is 12.0. The van der Waals surface area contributed by atoms with Gasteiger partial charge in [0.1, 0.15) is 0 Å². The molecule has 3 rings (SSSR count). The fraction of sp³-hybridized carbons (Fsp3) is 0.211. The number of ether oxygens (including phenoxy) is 1. The second-order valence-electron chi connectivity index (χ2n) is 5.92. The zero-order valence-electron chi connectivity index (χ0n) is 14.3. The van der Waals surface area contributed by atoms with Crippen molar-refractivity contribution in [3.8, 4) is 0 Å². The number of rotatable bonds is 4. The lowest BCUT2D eigenvalue weighted by molar-refractivity contribution is -0.139. The first-order valence-electron chi connectivity index (χ1n) is 7.84. The maximum absolute atomic E-state index is 13.2. The van der Waals surface area contributed by atoms with E-state index in [0.29, 0.717) is 16.8 Å². The maximum atomic E-state index is 13.2. The molecule has 0 aliphatic rings. The average Bonchev–Trinajstić information content (AvgIpc) is 2.88. The molecule has 0 saturated carbocycles. The third-order valence-electron chi connectivity index (χ3n) is 4.30. The average molecular weight is 357 g/mol. The zero-order valence-corrected chi connectivity index (χ0v) is 15.1. The van der Waals surface area contributed by atoms with Gasteiger partial charge in [0, 0.05) is 11.1 Å². The van der Waals surface area contributed by atoms with E-state index in [2.05, 4.69) is 0 Å². The zero-order chi connectivity index (χ0) is 18.2. The van der Waals surface area contributed by atoms with Crippen LogP contribution in [0.1, 0.15) is 16.8 Å². The number of nitrogens with zero attached hydrogens (tertiary/aromatic N) is 1. The molecule has 0 atom stereocenters. The summed E-state index contributed by atoms with van der Waals surface area (Å²) >= 11 is 0. The minimum Gasteiger partial charge on any atom is -0.469 e. The van der Waals surface area contributed by atoms with Crippen LogP contribution in [0.15, 0.2) is 53.4 Å². The van der Waals surface area contributed by atoms with Crippen LogP contribution in [0.25, 0.3) is 10.9 Å². The van der Waals surface area contributed by atoms with Crippen LogP contribution in [-0.4, -0.2) is 25.5 Å². The second kappa shape index (κ2) is 6.37. The monoisotopic (exact) mass is 357 g/mol. The number of methoxy groups -OCH3 is 1. The molecule has 5 nitrogen and oxygen atoms in total. The number of hydrogen-bond donors (Lipinski definition) is 0. The number of fused-ring (bicyclic) bond motifs is 1. The van der Waals surface area contributed by atoms with Crippen molar-refractivity contribution in [2.75, 3.05) is 7.11 Å². The van der Waals surface area contributed by atoms with Crippen molar-refractivity contribution in [1.29, 1.82) is 0 Å². The van der Waals surface area contributed by atoms with Gasteiger partial charge in [0.2, 0.25) is 0 Å². The van der Waals surface area contributed by atoms with Gasteiger partial charge in [0.25, 0.3) is 10.0 Å². The summed E-state index contributed by atoms with van der Waals surface area (Å²) < 4.78 is 32.5. The predicted molar refractivity (Wildman–Crippen MR) is 96.2 cm³/mol. The van der Waals surface area contributed by atoms with Gasteiger partial charge in [-0.1, -0.05) is 35.9 Å². The van der Waals surface area contributed by atoms with Crippen molar-refractivity contribution in [1.82, 2.24) is 3.97 Å². The number of carbonyl (C=O) groups is 1. The van der Waals surface area contributed by atoms with Crippen molar-refractivity contribution in [3.05, 3.63) is 65.4 Å². The van der Waals surface area contributed by atoms with E-state index < -0.39 is 16.0 Å². The van der Waals surface area contributed by atoms with Gasteiger partial charge in [-0.2, -0.15) is 0 Å². The Bertz CT molecular complexity index is 1050.